The van der Waals surface area contributed by atoms with E-state index in [1.54, 1.807) is 24.3 Å². The molecule has 2 aromatic carbocycles. The van der Waals surface area contributed by atoms with Gasteiger partial charge in [-0.2, -0.15) is 0 Å². The molecule has 1 atom stereocenters. The number of phenols is 2. The van der Waals surface area contributed by atoms with Gasteiger partial charge in [0.1, 0.15) is 22.1 Å². The van der Waals surface area contributed by atoms with Crippen LogP contribution in [0.5, 0.6) is 11.5 Å². The van der Waals surface area contributed by atoms with E-state index in [4.69, 9.17) is 0 Å². The summed E-state index contributed by atoms with van der Waals surface area (Å²) in [6.45, 7) is 0. The zero-order valence-corrected chi connectivity index (χ0v) is 13.7. The summed E-state index contributed by atoms with van der Waals surface area (Å²) < 4.78 is 0.582. The van der Waals surface area contributed by atoms with E-state index in [0.717, 1.165) is 0 Å². The zero-order valence-electron chi connectivity index (χ0n) is 10.5. The normalized spacial score (nSPS) is 16.9. The van der Waals surface area contributed by atoms with Gasteiger partial charge in [-0.3, -0.25) is 4.79 Å². The smallest absolute Gasteiger partial charge is 0.255 e. The van der Waals surface area contributed by atoms with Crippen molar-refractivity contribution < 1.29 is 15.0 Å². The van der Waals surface area contributed by atoms with Gasteiger partial charge in [0, 0.05) is 11.3 Å². The number of carbonyl (C=O) groups excluding carboxylic acids is 1. The van der Waals surface area contributed by atoms with Gasteiger partial charge in [0.05, 0.1) is 10.0 Å². The van der Waals surface area contributed by atoms with Crippen molar-refractivity contribution in [2.24, 2.45) is 0 Å². The van der Waals surface area contributed by atoms with E-state index in [1.165, 1.54) is 0 Å². The Balaban J connectivity index is 2.06. The fourth-order valence-electron chi connectivity index (χ4n) is 2.20. The monoisotopic (exact) mass is 412 g/mol. The third-order valence-electron chi connectivity index (χ3n) is 3.26. The molecule has 1 amide bonds. The van der Waals surface area contributed by atoms with Crippen molar-refractivity contribution >= 4 is 43.5 Å². The maximum Gasteiger partial charge on any atom is 0.255 e. The lowest BCUT2D eigenvalue weighted by Crippen LogP contribution is -2.38. The van der Waals surface area contributed by atoms with Gasteiger partial charge in [0.15, 0.2) is 0 Å². The summed E-state index contributed by atoms with van der Waals surface area (Å²) in [5.74, 6) is -0.458. The summed E-state index contributed by atoms with van der Waals surface area (Å²) in [7, 11) is 0. The standard InChI is InChI=1S/C14H10Br2N2O3/c15-8-5-7(11(19)10(16)12(8)20)13-17-9-4-2-1-3-6(9)14(21)18-13/h1-5,13,17,19-20H,(H,18,21). The average Bonchev–Trinajstić information content (AvgIpc) is 2.49. The van der Waals surface area contributed by atoms with Crippen LogP contribution in [0, 0.1) is 0 Å². The van der Waals surface area contributed by atoms with Crippen LogP contribution < -0.4 is 10.6 Å². The van der Waals surface area contributed by atoms with Crippen molar-refractivity contribution in [2.75, 3.05) is 5.32 Å². The van der Waals surface area contributed by atoms with Crippen LogP contribution in [-0.2, 0) is 0 Å². The number of amides is 1. The molecule has 1 heterocycles. The Kier molecular flexibility index (Phi) is 3.54. The highest BCUT2D eigenvalue weighted by atomic mass is 79.9. The van der Waals surface area contributed by atoms with Crippen LogP contribution in [0.1, 0.15) is 22.1 Å². The molecule has 0 saturated carbocycles. The van der Waals surface area contributed by atoms with Crippen LogP contribution in [-0.4, -0.2) is 16.1 Å². The van der Waals surface area contributed by atoms with Crippen molar-refractivity contribution in [1.82, 2.24) is 5.32 Å². The Bertz CT molecular complexity index is 749. The van der Waals surface area contributed by atoms with Crippen LogP contribution in [0.25, 0.3) is 0 Å². The second-order valence-corrected chi connectivity index (χ2v) is 6.20. The van der Waals surface area contributed by atoms with E-state index in [0.29, 0.717) is 21.3 Å². The third-order valence-corrected chi connectivity index (χ3v) is 4.61. The first-order valence-electron chi connectivity index (χ1n) is 6.05. The van der Waals surface area contributed by atoms with Crippen LogP contribution in [0.4, 0.5) is 5.69 Å². The third kappa shape index (κ3) is 2.36. The maximum absolute atomic E-state index is 12.1. The molecule has 0 bridgehead atoms. The fourth-order valence-corrected chi connectivity index (χ4v) is 3.35. The Morgan fingerprint density at radius 1 is 1.05 bits per heavy atom. The molecule has 108 valence electrons. The number of benzene rings is 2. The minimum absolute atomic E-state index is 0.0983. The van der Waals surface area contributed by atoms with E-state index < -0.39 is 6.17 Å². The minimum Gasteiger partial charge on any atom is -0.506 e. The van der Waals surface area contributed by atoms with Crippen molar-refractivity contribution in [2.45, 2.75) is 6.17 Å². The van der Waals surface area contributed by atoms with Crippen LogP contribution in [0.2, 0.25) is 0 Å². The van der Waals surface area contributed by atoms with E-state index in [1.807, 2.05) is 6.07 Å². The number of carbonyl (C=O) groups is 1. The predicted octanol–water partition coefficient (Wildman–Crippen LogP) is 3.48. The van der Waals surface area contributed by atoms with Gasteiger partial charge in [-0.1, -0.05) is 12.1 Å². The number of aromatic hydroxyl groups is 2. The van der Waals surface area contributed by atoms with Gasteiger partial charge >= 0.3 is 0 Å². The second kappa shape index (κ2) is 5.23. The van der Waals surface area contributed by atoms with Crippen molar-refractivity contribution in [3.05, 3.63) is 50.4 Å². The van der Waals surface area contributed by atoms with E-state index >= 15 is 0 Å². The molecule has 0 aliphatic carbocycles. The lowest BCUT2D eigenvalue weighted by molar-refractivity contribution is 0.0935. The van der Waals surface area contributed by atoms with Gasteiger partial charge in [-0.25, -0.2) is 0 Å². The first kappa shape index (κ1) is 14.2. The Morgan fingerprint density at radius 2 is 1.76 bits per heavy atom. The largest absolute Gasteiger partial charge is 0.506 e. The number of anilines is 1. The number of fused-ring (bicyclic) bond motifs is 1. The molecule has 2 aromatic rings. The number of halogens is 2. The molecule has 4 N–H and O–H groups in total. The molecule has 1 unspecified atom stereocenters. The van der Waals surface area contributed by atoms with Gasteiger partial charge in [0.25, 0.3) is 5.91 Å². The molecule has 3 rings (SSSR count). The number of hydrogen-bond donors (Lipinski definition) is 4. The molecule has 0 saturated heterocycles. The first-order chi connectivity index (χ1) is 9.99. The SMILES string of the molecule is O=C1NC(c2cc(Br)c(O)c(Br)c2O)Nc2ccccc21. The molecule has 0 radical (unpaired) electrons. The fraction of sp³-hybridized carbons (Fsp3) is 0.0714. The quantitative estimate of drug-likeness (QED) is 0.576. The van der Waals surface area contributed by atoms with Crippen molar-refractivity contribution in [1.29, 1.82) is 0 Å². The molecule has 0 fully saturated rings. The van der Waals surface area contributed by atoms with E-state index in [-0.39, 0.29) is 21.9 Å². The van der Waals surface area contributed by atoms with Crippen LogP contribution in [0.15, 0.2) is 39.3 Å². The zero-order chi connectivity index (χ0) is 15.1. The van der Waals surface area contributed by atoms with Gasteiger partial charge in [-0.05, 0) is 50.1 Å². The number of phenolic OH excluding ortho intramolecular Hbond substituents is 2. The molecule has 21 heavy (non-hydrogen) atoms. The summed E-state index contributed by atoms with van der Waals surface area (Å²) in [4.78, 5) is 12.1. The van der Waals surface area contributed by atoms with Gasteiger partial charge in [-0.15, -0.1) is 0 Å². The highest BCUT2D eigenvalue weighted by Gasteiger charge is 2.28. The van der Waals surface area contributed by atoms with E-state index in [2.05, 4.69) is 42.5 Å². The predicted molar refractivity (Wildman–Crippen MR) is 85.4 cm³/mol. The van der Waals surface area contributed by atoms with Crippen LogP contribution in [0.3, 0.4) is 0 Å². The summed E-state index contributed by atoms with van der Waals surface area (Å²) in [5, 5.41) is 25.8. The molecule has 1 aliphatic rings. The highest BCUT2D eigenvalue weighted by molar-refractivity contribution is 9.11. The van der Waals surface area contributed by atoms with Crippen LogP contribution >= 0.6 is 31.9 Å². The molecule has 7 heteroatoms. The number of hydrogen-bond acceptors (Lipinski definition) is 4. The Labute approximate surface area is 137 Å². The lowest BCUT2D eigenvalue weighted by Gasteiger charge is -2.29. The first-order valence-corrected chi connectivity index (χ1v) is 7.64. The average molecular weight is 414 g/mol. The maximum atomic E-state index is 12.1. The lowest BCUT2D eigenvalue weighted by atomic mass is 10.0. The summed E-state index contributed by atoms with van der Waals surface area (Å²) in [5.41, 5.74) is 1.67. The summed E-state index contributed by atoms with van der Waals surface area (Å²) in [6.07, 6.45) is -0.597. The molecule has 0 spiro atoms. The molecule has 1 aliphatic heterocycles. The number of para-hydroxylation sites is 1. The molecular weight excluding hydrogens is 404 g/mol. The van der Waals surface area contributed by atoms with Crippen molar-refractivity contribution in [3.63, 3.8) is 0 Å². The summed E-state index contributed by atoms with van der Waals surface area (Å²) in [6, 6.07) is 8.68. The Morgan fingerprint density at radius 3 is 2.52 bits per heavy atom. The molecule has 0 aromatic heterocycles. The van der Waals surface area contributed by atoms with Gasteiger partial charge < -0.3 is 20.8 Å². The Hall–Kier alpha value is -1.73. The number of nitrogens with one attached hydrogen (secondary N) is 2. The second-order valence-electron chi connectivity index (χ2n) is 4.56. The number of rotatable bonds is 1. The van der Waals surface area contributed by atoms with E-state index in [9.17, 15) is 15.0 Å². The minimum atomic E-state index is -0.597. The molecular formula is C14H10Br2N2O3. The summed E-state index contributed by atoms with van der Waals surface area (Å²) >= 11 is 6.34. The topological polar surface area (TPSA) is 81.6 Å². The van der Waals surface area contributed by atoms with Gasteiger partial charge in [0.2, 0.25) is 0 Å². The highest BCUT2D eigenvalue weighted by Crippen LogP contribution is 2.44. The molecule has 5 nitrogen and oxygen atoms in total. The van der Waals surface area contributed by atoms with Crippen molar-refractivity contribution in [3.8, 4) is 11.5 Å².